The number of hydrogen-bond donors (Lipinski definition) is 1. The molecule has 0 radical (unpaired) electrons. The Morgan fingerprint density at radius 2 is 2.05 bits per heavy atom. The molecule has 2 aliphatic heterocycles. The fourth-order valence-corrected chi connectivity index (χ4v) is 2.98. The first-order chi connectivity index (χ1) is 9.75. The van der Waals surface area contributed by atoms with E-state index >= 15 is 0 Å². The number of hydrogen-bond acceptors (Lipinski definition) is 4. The highest BCUT2D eigenvalue weighted by molar-refractivity contribution is 5.44. The number of benzene rings is 1. The van der Waals surface area contributed by atoms with E-state index in [1.807, 2.05) is 6.07 Å². The van der Waals surface area contributed by atoms with E-state index in [0.29, 0.717) is 12.1 Å². The predicted octanol–water partition coefficient (Wildman–Crippen LogP) is 2.20. The largest absolute Gasteiger partial charge is 0.490 e. The van der Waals surface area contributed by atoms with Crippen molar-refractivity contribution < 1.29 is 9.47 Å². The summed E-state index contributed by atoms with van der Waals surface area (Å²) in [5, 5.41) is 3.43. The van der Waals surface area contributed by atoms with Crippen molar-refractivity contribution in [1.82, 2.24) is 10.2 Å². The number of nitrogens with zero attached hydrogens (tertiary/aromatic N) is 1. The zero-order valence-electron chi connectivity index (χ0n) is 12.4. The topological polar surface area (TPSA) is 33.7 Å². The zero-order valence-corrected chi connectivity index (χ0v) is 12.4. The molecule has 2 unspecified atom stereocenters. The lowest BCUT2D eigenvalue weighted by atomic mass is 10.0. The SMILES string of the molecule is CC(c1ccc2c(c1)OCCCO2)N(C)C1CCNC1. The normalized spacial score (nSPS) is 23.6. The highest BCUT2D eigenvalue weighted by Crippen LogP contribution is 2.34. The van der Waals surface area contributed by atoms with E-state index in [1.54, 1.807) is 0 Å². The molecule has 3 rings (SSSR count). The molecule has 1 aromatic carbocycles. The molecule has 2 aliphatic rings. The highest BCUT2D eigenvalue weighted by Gasteiger charge is 2.24. The lowest BCUT2D eigenvalue weighted by Crippen LogP contribution is -2.35. The van der Waals surface area contributed by atoms with Crippen molar-refractivity contribution in [2.75, 3.05) is 33.4 Å². The van der Waals surface area contributed by atoms with Gasteiger partial charge in [0.2, 0.25) is 0 Å². The molecular formula is C16H24N2O2. The fourth-order valence-electron chi connectivity index (χ4n) is 2.98. The van der Waals surface area contributed by atoms with Crippen molar-refractivity contribution in [2.45, 2.75) is 31.8 Å². The first kappa shape index (κ1) is 13.7. The molecule has 0 bridgehead atoms. The quantitative estimate of drug-likeness (QED) is 0.917. The van der Waals surface area contributed by atoms with Crippen molar-refractivity contribution in [2.24, 2.45) is 0 Å². The van der Waals surface area contributed by atoms with Gasteiger partial charge >= 0.3 is 0 Å². The standard InChI is InChI=1S/C16H24N2O2/c1-12(18(2)14-6-7-17-11-14)13-4-5-15-16(10-13)20-9-3-8-19-15/h4-5,10,12,14,17H,3,6-9,11H2,1-2H3. The third kappa shape index (κ3) is 2.76. The van der Waals surface area contributed by atoms with Crippen LogP contribution >= 0.6 is 0 Å². The fraction of sp³-hybridized carbons (Fsp3) is 0.625. The smallest absolute Gasteiger partial charge is 0.161 e. The van der Waals surface area contributed by atoms with Gasteiger partial charge in [0, 0.05) is 25.0 Å². The summed E-state index contributed by atoms with van der Waals surface area (Å²) >= 11 is 0. The summed E-state index contributed by atoms with van der Waals surface area (Å²) in [6, 6.07) is 7.37. The van der Waals surface area contributed by atoms with Gasteiger partial charge in [0.15, 0.2) is 11.5 Å². The molecule has 4 heteroatoms. The van der Waals surface area contributed by atoms with Gasteiger partial charge in [0.1, 0.15) is 0 Å². The second-order valence-electron chi connectivity index (χ2n) is 5.74. The Balaban J connectivity index is 1.77. The summed E-state index contributed by atoms with van der Waals surface area (Å²) in [6.07, 6.45) is 2.18. The third-order valence-electron chi connectivity index (χ3n) is 4.48. The molecule has 0 spiro atoms. The Kier molecular flexibility index (Phi) is 4.13. The predicted molar refractivity (Wildman–Crippen MR) is 79.5 cm³/mol. The Morgan fingerprint density at radius 1 is 1.25 bits per heavy atom. The summed E-state index contributed by atoms with van der Waals surface area (Å²) in [5.41, 5.74) is 1.30. The van der Waals surface area contributed by atoms with Gasteiger partial charge in [-0.15, -0.1) is 0 Å². The monoisotopic (exact) mass is 276 g/mol. The van der Waals surface area contributed by atoms with Gasteiger partial charge in [-0.05, 0) is 44.6 Å². The molecule has 2 heterocycles. The highest BCUT2D eigenvalue weighted by atomic mass is 16.5. The molecule has 1 saturated heterocycles. The molecule has 0 amide bonds. The molecule has 0 aromatic heterocycles. The lowest BCUT2D eigenvalue weighted by Gasteiger charge is -2.30. The van der Waals surface area contributed by atoms with E-state index < -0.39 is 0 Å². The van der Waals surface area contributed by atoms with Gasteiger partial charge in [-0.25, -0.2) is 0 Å². The molecule has 4 nitrogen and oxygen atoms in total. The summed E-state index contributed by atoms with van der Waals surface area (Å²) < 4.78 is 11.5. The van der Waals surface area contributed by atoms with Gasteiger partial charge in [-0.3, -0.25) is 4.90 Å². The van der Waals surface area contributed by atoms with Crippen LogP contribution in [0.4, 0.5) is 0 Å². The molecule has 2 atom stereocenters. The van der Waals surface area contributed by atoms with Gasteiger partial charge in [0.25, 0.3) is 0 Å². The zero-order chi connectivity index (χ0) is 13.9. The van der Waals surface area contributed by atoms with Crippen LogP contribution in [0.15, 0.2) is 18.2 Å². The molecule has 110 valence electrons. The van der Waals surface area contributed by atoms with E-state index in [1.165, 1.54) is 12.0 Å². The Bertz CT molecular complexity index is 458. The van der Waals surface area contributed by atoms with Crippen LogP contribution in [0.1, 0.15) is 31.4 Å². The first-order valence-electron chi connectivity index (χ1n) is 7.58. The Morgan fingerprint density at radius 3 is 2.80 bits per heavy atom. The van der Waals surface area contributed by atoms with Crippen LogP contribution in [0.2, 0.25) is 0 Å². The van der Waals surface area contributed by atoms with Crippen LogP contribution in [0.25, 0.3) is 0 Å². The molecule has 1 fully saturated rings. The summed E-state index contributed by atoms with van der Waals surface area (Å²) in [5.74, 6) is 1.77. The van der Waals surface area contributed by atoms with Crippen molar-refractivity contribution in [3.05, 3.63) is 23.8 Å². The van der Waals surface area contributed by atoms with Crippen LogP contribution in [0.3, 0.4) is 0 Å². The number of nitrogens with one attached hydrogen (secondary N) is 1. The third-order valence-corrected chi connectivity index (χ3v) is 4.48. The van der Waals surface area contributed by atoms with E-state index in [9.17, 15) is 0 Å². The number of rotatable bonds is 3. The Labute approximate surface area is 121 Å². The van der Waals surface area contributed by atoms with Gasteiger partial charge < -0.3 is 14.8 Å². The van der Waals surface area contributed by atoms with Crippen LogP contribution < -0.4 is 14.8 Å². The maximum atomic E-state index is 5.79. The van der Waals surface area contributed by atoms with Crippen molar-refractivity contribution in [1.29, 1.82) is 0 Å². The van der Waals surface area contributed by atoms with Crippen molar-refractivity contribution >= 4 is 0 Å². The Hall–Kier alpha value is -1.26. The van der Waals surface area contributed by atoms with Crippen LogP contribution in [0, 0.1) is 0 Å². The van der Waals surface area contributed by atoms with Gasteiger partial charge in [0.05, 0.1) is 13.2 Å². The molecule has 1 N–H and O–H groups in total. The lowest BCUT2D eigenvalue weighted by molar-refractivity contribution is 0.196. The van der Waals surface area contributed by atoms with Crippen LogP contribution in [-0.2, 0) is 0 Å². The number of fused-ring (bicyclic) bond motifs is 1. The minimum atomic E-state index is 0.386. The van der Waals surface area contributed by atoms with E-state index in [0.717, 1.165) is 44.2 Å². The minimum absolute atomic E-state index is 0.386. The molecular weight excluding hydrogens is 252 g/mol. The van der Waals surface area contributed by atoms with Crippen molar-refractivity contribution in [3.8, 4) is 11.5 Å². The summed E-state index contributed by atoms with van der Waals surface area (Å²) in [7, 11) is 2.21. The van der Waals surface area contributed by atoms with Crippen molar-refractivity contribution in [3.63, 3.8) is 0 Å². The average Bonchev–Trinajstić information content (AvgIpc) is 2.91. The maximum Gasteiger partial charge on any atom is 0.161 e. The maximum absolute atomic E-state index is 5.79. The first-order valence-corrected chi connectivity index (χ1v) is 7.58. The van der Waals surface area contributed by atoms with E-state index in [2.05, 4.69) is 36.3 Å². The van der Waals surface area contributed by atoms with Crippen LogP contribution in [-0.4, -0.2) is 44.3 Å². The summed E-state index contributed by atoms with van der Waals surface area (Å²) in [4.78, 5) is 2.46. The van der Waals surface area contributed by atoms with E-state index in [-0.39, 0.29) is 0 Å². The number of ether oxygens (including phenoxy) is 2. The average molecular weight is 276 g/mol. The van der Waals surface area contributed by atoms with Gasteiger partial charge in [-0.2, -0.15) is 0 Å². The molecule has 20 heavy (non-hydrogen) atoms. The summed E-state index contributed by atoms with van der Waals surface area (Å²) in [6.45, 7) is 5.97. The second-order valence-corrected chi connectivity index (χ2v) is 5.74. The molecule has 0 saturated carbocycles. The molecule has 0 aliphatic carbocycles. The van der Waals surface area contributed by atoms with Gasteiger partial charge in [-0.1, -0.05) is 6.07 Å². The second kappa shape index (κ2) is 6.02. The number of likely N-dealkylation sites (N-methyl/N-ethyl adjacent to an activating group) is 1. The minimum Gasteiger partial charge on any atom is -0.490 e. The molecule has 1 aromatic rings. The van der Waals surface area contributed by atoms with Crippen LogP contribution in [0.5, 0.6) is 11.5 Å². The van der Waals surface area contributed by atoms with E-state index in [4.69, 9.17) is 9.47 Å².